The van der Waals surface area contributed by atoms with E-state index in [1.165, 1.54) is 0 Å². The summed E-state index contributed by atoms with van der Waals surface area (Å²) in [5, 5.41) is 11.1. The molecule has 1 aromatic rings. The first-order chi connectivity index (χ1) is 8.27. The van der Waals surface area contributed by atoms with Crippen molar-refractivity contribution in [1.29, 1.82) is 0 Å². The Morgan fingerprint density at radius 3 is 2.71 bits per heavy atom. The highest BCUT2D eigenvalue weighted by molar-refractivity contribution is 6.09. The number of benzene rings is 1. The van der Waals surface area contributed by atoms with Crippen LogP contribution in [0, 0.1) is 0 Å². The van der Waals surface area contributed by atoms with E-state index in [2.05, 4.69) is 0 Å². The van der Waals surface area contributed by atoms with Gasteiger partial charge in [-0.05, 0) is 17.4 Å². The molecule has 0 unspecified atom stereocenters. The smallest absolute Gasteiger partial charge is 0.334 e. The van der Waals surface area contributed by atoms with Crippen LogP contribution in [0.25, 0.3) is 11.3 Å². The maximum absolute atomic E-state index is 11.3. The standard InChI is InChI=1S/C14H11NO2/c16-14(17)12-9-15-8-4-3-7-13(15)11-6-2-1-5-10(11)12/h1-8H,9H2,(H,16,17). The first-order valence-electron chi connectivity index (χ1n) is 5.45. The van der Waals surface area contributed by atoms with Gasteiger partial charge in [-0.1, -0.05) is 30.3 Å². The van der Waals surface area contributed by atoms with Crippen molar-refractivity contribution < 1.29 is 9.90 Å². The number of carbonyl (C=O) groups is 1. The lowest BCUT2D eigenvalue weighted by Gasteiger charge is -2.27. The predicted octanol–water partition coefficient (Wildman–Crippen LogP) is 0.429. The molecule has 84 valence electrons. The Balaban J connectivity index is 2.44. The molecule has 0 bridgehead atoms. The van der Waals surface area contributed by atoms with Crippen LogP contribution >= 0.6 is 0 Å². The van der Waals surface area contributed by atoms with Crippen molar-refractivity contribution in [1.82, 2.24) is 4.90 Å². The maximum atomic E-state index is 11.3. The molecule has 0 saturated carbocycles. The Morgan fingerprint density at radius 1 is 1.18 bits per heavy atom. The fraction of sp³-hybridized carbons (Fsp3) is 0.0714. The van der Waals surface area contributed by atoms with Gasteiger partial charge in [0.15, 0.2) is 0 Å². The zero-order valence-corrected chi connectivity index (χ0v) is 9.13. The summed E-state index contributed by atoms with van der Waals surface area (Å²) in [5.74, 6) is -0.848. The topological polar surface area (TPSA) is 40.5 Å². The molecule has 0 aliphatic carbocycles. The molecule has 1 N–H and O–H groups in total. The van der Waals surface area contributed by atoms with Gasteiger partial charge in [0.05, 0.1) is 12.1 Å². The summed E-state index contributed by atoms with van der Waals surface area (Å²) in [7, 11) is 0. The summed E-state index contributed by atoms with van der Waals surface area (Å²) in [6.07, 6.45) is 7.80. The van der Waals surface area contributed by atoms with Gasteiger partial charge in [0.1, 0.15) is 0 Å². The largest absolute Gasteiger partial charge is 0.478 e. The SMILES string of the molecule is O=C(O)C1=c2ccccc2=C2C=CC=CN2C1. The highest BCUT2D eigenvalue weighted by Gasteiger charge is 2.20. The van der Waals surface area contributed by atoms with Crippen LogP contribution in [0.5, 0.6) is 0 Å². The lowest BCUT2D eigenvalue weighted by atomic mass is 10.0. The molecule has 0 aromatic heterocycles. The lowest BCUT2D eigenvalue weighted by molar-refractivity contribution is -0.130. The zero-order valence-electron chi connectivity index (χ0n) is 9.13. The molecule has 0 atom stereocenters. The van der Waals surface area contributed by atoms with Gasteiger partial charge in [-0.15, -0.1) is 0 Å². The van der Waals surface area contributed by atoms with Gasteiger partial charge in [0.2, 0.25) is 0 Å². The third-order valence-corrected chi connectivity index (χ3v) is 3.06. The van der Waals surface area contributed by atoms with E-state index in [-0.39, 0.29) is 0 Å². The van der Waals surface area contributed by atoms with Gasteiger partial charge in [0, 0.05) is 17.1 Å². The van der Waals surface area contributed by atoms with Crippen molar-refractivity contribution in [3.05, 3.63) is 59.1 Å². The number of fused-ring (bicyclic) bond motifs is 2. The van der Waals surface area contributed by atoms with E-state index < -0.39 is 5.97 Å². The number of carboxylic acid groups (broad SMARTS) is 1. The summed E-state index contributed by atoms with van der Waals surface area (Å²) in [6, 6.07) is 7.64. The molecular weight excluding hydrogens is 214 g/mol. The normalized spacial score (nSPS) is 16.8. The average molecular weight is 225 g/mol. The minimum Gasteiger partial charge on any atom is -0.478 e. The van der Waals surface area contributed by atoms with Crippen LogP contribution in [0.1, 0.15) is 0 Å². The van der Waals surface area contributed by atoms with E-state index in [1.807, 2.05) is 53.6 Å². The molecule has 17 heavy (non-hydrogen) atoms. The van der Waals surface area contributed by atoms with E-state index in [1.54, 1.807) is 0 Å². The Hall–Kier alpha value is -2.29. The molecule has 3 heteroatoms. The maximum Gasteiger partial charge on any atom is 0.334 e. The Kier molecular flexibility index (Phi) is 2.11. The predicted molar refractivity (Wildman–Crippen MR) is 65.1 cm³/mol. The van der Waals surface area contributed by atoms with E-state index in [4.69, 9.17) is 0 Å². The van der Waals surface area contributed by atoms with E-state index in [9.17, 15) is 9.90 Å². The summed E-state index contributed by atoms with van der Waals surface area (Å²) in [4.78, 5) is 13.2. The number of aliphatic carboxylic acids is 1. The van der Waals surface area contributed by atoms with Gasteiger partial charge >= 0.3 is 5.97 Å². The number of rotatable bonds is 1. The van der Waals surface area contributed by atoms with Crippen LogP contribution in [0.15, 0.2) is 48.7 Å². The summed E-state index contributed by atoms with van der Waals surface area (Å²) < 4.78 is 0. The van der Waals surface area contributed by atoms with Crippen molar-refractivity contribution in [3.63, 3.8) is 0 Å². The molecule has 1 aromatic carbocycles. The van der Waals surface area contributed by atoms with Crippen molar-refractivity contribution in [3.8, 4) is 0 Å². The quantitative estimate of drug-likeness (QED) is 0.753. The highest BCUT2D eigenvalue weighted by atomic mass is 16.4. The van der Waals surface area contributed by atoms with Gasteiger partial charge in [-0.25, -0.2) is 4.79 Å². The molecule has 0 fully saturated rings. The molecule has 3 rings (SSSR count). The van der Waals surface area contributed by atoms with Gasteiger partial charge < -0.3 is 10.0 Å². The van der Waals surface area contributed by atoms with Crippen molar-refractivity contribution in [2.24, 2.45) is 0 Å². The lowest BCUT2D eigenvalue weighted by Crippen LogP contribution is -2.42. The van der Waals surface area contributed by atoms with Crippen LogP contribution < -0.4 is 10.4 Å². The van der Waals surface area contributed by atoms with Gasteiger partial charge in [-0.2, -0.15) is 0 Å². The minimum absolute atomic E-state index is 0.419. The molecular formula is C14H11NO2. The molecule has 3 nitrogen and oxygen atoms in total. The number of allylic oxidation sites excluding steroid dienone is 2. The highest BCUT2D eigenvalue weighted by Crippen LogP contribution is 2.16. The number of hydrogen-bond acceptors (Lipinski definition) is 2. The summed E-state index contributed by atoms with van der Waals surface area (Å²) in [5.41, 5.74) is 1.51. The molecule has 0 saturated heterocycles. The number of hydrogen-bond donors (Lipinski definition) is 1. The fourth-order valence-corrected chi connectivity index (χ4v) is 2.27. The third kappa shape index (κ3) is 1.47. The van der Waals surface area contributed by atoms with Gasteiger partial charge in [0.25, 0.3) is 0 Å². The van der Waals surface area contributed by atoms with Crippen LogP contribution in [0.4, 0.5) is 0 Å². The van der Waals surface area contributed by atoms with E-state index in [0.29, 0.717) is 12.1 Å². The first-order valence-corrected chi connectivity index (χ1v) is 5.45. The molecule has 2 aliphatic rings. The van der Waals surface area contributed by atoms with Crippen LogP contribution in [-0.4, -0.2) is 22.5 Å². The fourth-order valence-electron chi connectivity index (χ4n) is 2.27. The van der Waals surface area contributed by atoms with Crippen LogP contribution in [0.3, 0.4) is 0 Å². The summed E-state index contributed by atoms with van der Waals surface area (Å²) in [6.45, 7) is 0.419. The Bertz CT molecular complexity index is 668. The average Bonchev–Trinajstić information content (AvgIpc) is 2.37. The monoisotopic (exact) mass is 225 g/mol. The number of carboxylic acids is 1. The van der Waals surface area contributed by atoms with Crippen molar-refractivity contribution >= 4 is 17.2 Å². The third-order valence-electron chi connectivity index (χ3n) is 3.06. The van der Waals surface area contributed by atoms with E-state index >= 15 is 0 Å². The van der Waals surface area contributed by atoms with E-state index in [0.717, 1.165) is 16.1 Å². The number of nitrogens with zero attached hydrogens (tertiary/aromatic N) is 1. The van der Waals surface area contributed by atoms with Crippen molar-refractivity contribution in [2.75, 3.05) is 6.54 Å². The minimum atomic E-state index is -0.848. The van der Waals surface area contributed by atoms with Crippen molar-refractivity contribution in [2.45, 2.75) is 0 Å². The Labute approximate surface area is 98.3 Å². The Morgan fingerprint density at radius 2 is 1.94 bits per heavy atom. The van der Waals surface area contributed by atoms with Crippen LogP contribution in [-0.2, 0) is 4.79 Å². The first kappa shape index (κ1) is 9.90. The second-order valence-electron chi connectivity index (χ2n) is 4.04. The zero-order chi connectivity index (χ0) is 11.8. The van der Waals surface area contributed by atoms with Crippen LogP contribution in [0.2, 0.25) is 0 Å². The molecule has 0 radical (unpaired) electrons. The second kappa shape index (κ2) is 3.63. The molecule has 2 heterocycles. The molecule has 2 aliphatic heterocycles. The second-order valence-corrected chi connectivity index (χ2v) is 4.04. The molecule has 0 amide bonds. The molecule has 0 spiro atoms. The van der Waals surface area contributed by atoms with Gasteiger partial charge in [-0.3, -0.25) is 0 Å². The summed E-state index contributed by atoms with van der Waals surface area (Å²) >= 11 is 0.